The second-order valence-electron chi connectivity index (χ2n) is 6.86. The maximum Gasteiger partial charge on any atom is 0.235 e. The largest absolute Gasteiger partial charge is 0.491 e. The molecule has 120 valence electrons. The van der Waals surface area contributed by atoms with E-state index in [0.717, 1.165) is 37.1 Å². The molecule has 2 aliphatic rings. The van der Waals surface area contributed by atoms with Crippen molar-refractivity contribution in [1.82, 2.24) is 0 Å². The highest BCUT2D eigenvalue weighted by molar-refractivity contribution is 6.00. The summed E-state index contributed by atoms with van der Waals surface area (Å²) in [4.78, 5) is 14.5. The van der Waals surface area contributed by atoms with Crippen LogP contribution in [0, 0.1) is 5.41 Å². The van der Waals surface area contributed by atoms with Crippen LogP contribution in [0.2, 0.25) is 0 Å². The third-order valence-electron chi connectivity index (χ3n) is 4.84. The van der Waals surface area contributed by atoms with Crippen molar-refractivity contribution in [2.24, 2.45) is 5.41 Å². The molecule has 0 aromatic heterocycles. The molecule has 4 nitrogen and oxygen atoms in total. The van der Waals surface area contributed by atoms with Gasteiger partial charge in [0.1, 0.15) is 12.0 Å². The van der Waals surface area contributed by atoms with E-state index in [9.17, 15) is 9.90 Å². The maximum atomic E-state index is 12.9. The second kappa shape index (κ2) is 5.92. The number of nitrogens with zero attached hydrogens (tertiary/aromatic N) is 1. The Labute approximate surface area is 132 Å². The molecule has 1 heterocycles. The monoisotopic (exact) mass is 303 g/mol. The topological polar surface area (TPSA) is 49.8 Å². The van der Waals surface area contributed by atoms with E-state index in [1.165, 1.54) is 6.42 Å². The first-order valence-corrected chi connectivity index (χ1v) is 8.30. The normalized spacial score (nSPS) is 24.3. The standard InChI is InChI=1S/C18H25NO3/c1-13(2)22-15-8-6-14(7-9-15)19-16(20)12-18(17(19)21)10-4-3-5-11-18/h6-9,13,16,20H,3-5,10-12H2,1-2H3. The van der Waals surface area contributed by atoms with E-state index in [4.69, 9.17) is 4.74 Å². The van der Waals surface area contributed by atoms with Gasteiger partial charge < -0.3 is 9.84 Å². The minimum atomic E-state index is -0.706. The van der Waals surface area contributed by atoms with Crippen molar-refractivity contribution in [1.29, 1.82) is 0 Å². The molecule has 1 aromatic carbocycles. The van der Waals surface area contributed by atoms with Gasteiger partial charge >= 0.3 is 0 Å². The minimum absolute atomic E-state index is 0.0947. The number of aliphatic hydroxyl groups is 1. The lowest BCUT2D eigenvalue weighted by atomic mass is 9.73. The van der Waals surface area contributed by atoms with Gasteiger partial charge in [0, 0.05) is 12.1 Å². The van der Waals surface area contributed by atoms with Crippen LogP contribution in [0.1, 0.15) is 52.4 Å². The Morgan fingerprint density at radius 2 is 1.82 bits per heavy atom. The number of benzene rings is 1. The fourth-order valence-corrected chi connectivity index (χ4v) is 3.81. The molecule has 22 heavy (non-hydrogen) atoms. The predicted molar refractivity (Wildman–Crippen MR) is 85.8 cm³/mol. The lowest BCUT2D eigenvalue weighted by Crippen LogP contribution is -2.38. The summed E-state index contributed by atoms with van der Waals surface area (Å²) < 4.78 is 5.63. The molecule has 1 atom stereocenters. The van der Waals surface area contributed by atoms with Gasteiger partial charge in [-0.25, -0.2) is 0 Å². The van der Waals surface area contributed by atoms with Crippen LogP contribution in [0.5, 0.6) is 5.75 Å². The van der Waals surface area contributed by atoms with Gasteiger partial charge in [-0.2, -0.15) is 0 Å². The molecule has 1 aliphatic carbocycles. The van der Waals surface area contributed by atoms with E-state index in [-0.39, 0.29) is 17.4 Å². The number of carbonyl (C=O) groups is 1. The van der Waals surface area contributed by atoms with Crippen molar-refractivity contribution >= 4 is 11.6 Å². The van der Waals surface area contributed by atoms with Gasteiger partial charge in [0.2, 0.25) is 5.91 Å². The first-order valence-electron chi connectivity index (χ1n) is 8.30. The van der Waals surface area contributed by atoms with Gasteiger partial charge in [0.05, 0.1) is 11.5 Å². The number of ether oxygens (including phenoxy) is 1. The summed E-state index contributed by atoms with van der Waals surface area (Å²) in [6.45, 7) is 3.96. The number of aliphatic hydroxyl groups excluding tert-OH is 1. The maximum absolute atomic E-state index is 12.9. The number of rotatable bonds is 3. The van der Waals surface area contributed by atoms with E-state index in [1.54, 1.807) is 4.90 Å². The van der Waals surface area contributed by atoms with Gasteiger partial charge in [-0.3, -0.25) is 9.69 Å². The molecule has 1 saturated carbocycles. The van der Waals surface area contributed by atoms with Crippen LogP contribution in [0.15, 0.2) is 24.3 Å². The molecule has 1 aromatic rings. The molecule has 1 unspecified atom stereocenters. The average molecular weight is 303 g/mol. The summed E-state index contributed by atoms with van der Waals surface area (Å²) in [6.07, 6.45) is 5.18. The highest BCUT2D eigenvalue weighted by Gasteiger charge is 2.51. The molecule has 2 fully saturated rings. The second-order valence-corrected chi connectivity index (χ2v) is 6.86. The van der Waals surface area contributed by atoms with Gasteiger partial charge in [0.15, 0.2) is 0 Å². The van der Waals surface area contributed by atoms with Gasteiger partial charge in [-0.15, -0.1) is 0 Å². The Morgan fingerprint density at radius 1 is 1.18 bits per heavy atom. The predicted octanol–water partition coefficient (Wildman–Crippen LogP) is 3.48. The number of amides is 1. The van der Waals surface area contributed by atoms with E-state index in [1.807, 2.05) is 38.1 Å². The van der Waals surface area contributed by atoms with E-state index in [2.05, 4.69) is 0 Å². The molecule has 1 saturated heterocycles. The zero-order chi connectivity index (χ0) is 15.7. The molecule has 0 bridgehead atoms. The van der Waals surface area contributed by atoms with Crippen molar-refractivity contribution in [2.75, 3.05) is 4.90 Å². The summed E-state index contributed by atoms with van der Waals surface area (Å²) >= 11 is 0. The van der Waals surface area contributed by atoms with Crippen LogP contribution >= 0.6 is 0 Å². The zero-order valence-electron chi connectivity index (χ0n) is 13.4. The first-order chi connectivity index (χ1) is 10.5. The third kappa shape index (κ3) is 2.72. The fourth-order valence-electron chi connectivity index (χ4n) is 3.81. The van der Waals surface area contributed by atoms with Crippen molar-refractivity contribution in [3.05, 3.63) is 24.3 Å². The smallest absolute Gasteiger partial charge is 0.235 e. The molecule has 0 radical (unpaired) electrons. The minimum Gasteiger partial charge on any atom is -0.491 e. The van der Waals surface area contributed by atoms with Crippen LogP contribution in [0.25, 0.3) is 0 Å². The van der Waals surface area contributed by atoms with Gasteiger partial charge in [0.25, 0.3) is 0 Å². The first kappa shape index (κ1) is 15.3. The highest BCUT2D eigenvalue weighted by Crippen LogP contribution is 2.48. The summed E-state index contributed by atoms with van der Waals surface area (Å²) in [5.41, 5.74) is 0.432. The van der Waals surface area contributed by atoms with E-state index >= 15 is 0 Å². The molecule has 1 spiro atoms. The average Bonchev–Trinajstić information content (AvgIpc) is 2.71. The van der Waals surface area contributed by atoms with Crippen molar-refractivity contribution in [3.63, 3.8) is 0 Å². The molecular weight excluding hydrogens is 278 g/mol. The van der Waals surface area contributed by atoms with E-state index < -0.39 is 6.23 Å². The van der Waals surface area contributed by atoms with Gasteiger partial charge in [-0.05, 0) is 51.0 Å². The van der Waals surface area contributed by atoms with Crippen molar-refractivity contribution in [2.45, 2.75) is 64.7 Å². The lowest BCUT2D eigenvalue weighted by molar-refractivity contribution is -0.127. The molecule has 1 amide bonds. The van der Waals surface area contributed by atoms with Crippen LogP contribution < -0.4 is 9.64 Å². The quantitative estimate of drug-likeness (QED) is 0.930. The van der Waals surface area contributed by atoms with E-state index in [0.29, 0.717) is 6.42 Å². The van der Waals surface area contributed by atoms with Crippen molar-refractivity contribution in [3.8, 4) is 5.75 Å². The van der Waals surface area contributed by atoms with Crippen LogP contribution in [0.4, 0.5) is 5.69 Å². The number of carbonyl (C=O) groups excluding carboxylic acids is 1. The van der Waals surface area contributed by atoms with Crippen LogP contribution in [0.3, 0.4) is 0 Å². The number of hydrogen-bond acceptors (Lipinski definition) is 3. The molecule has 4 heteroatoms. The summed E-state index contributed by atoms with van der Waals surface area (Å²) in [5.74, 6) is 0.879. The van der Waals surface area contributed by atoms with Crippen LogP contribution in [-0.2, 0) is 4.79 Å². The fraction of sp³-hybridized carbons (Fsp3) is 0.611. The Kier molecular flexibility index (Phi) is 4.13. The molecule has 1 aliphatic heterocycles. The highest BCUT2D eigenvalue weighted by atomic mass is 16.5. The Bertz CT molecular complexity index is 532. The SMILES string of the molecule is CC(C)Oc1ccc(N2C(=O)C3(CCCCC3)CC2O)cc1. The molecular formula is C18H25NO3. The van der Waals surface area contributed by atoms with Crippen LogP contribution in [-0.4, -0.2) is 23.3 Å². The molecule has 1 N–H and O–H groups in total. The number of anilines is 1. The third-order valence-corrected chi connectivity index (χ3v) is 4.84. The summed E-state index contributed by atoms with van der Waals surface area (Å²) in [7, 11) is 0. The Balaban J connectivity index is 1.80. The zero-order valence-corrected chi connectivity index (χ0v) is 13.4. The van der Waals surface area contributed by atoms with Crippen molar-refractivity contribution < 1.29 is 14.6 Å². The Morgan fingerprint density at radius 3 is 2.41 bits per heavy atom. The Hall–Kier alpha value is -1.55. The number of hydrogen-bond donors (Lipinski definition) is 1. The lowest BCUT2D eigenvalue weighted by Gasteiger charge is -2.31. The summed E-state index contributed by atoms with van der Waals surface area (Å²) in [5, 5.41) is 10.4. The molecule has 3 rings (SSSR count). The summed E-state index contributed by atoms with van der Waals surface area (Å²) in [6, 6.07) is 7.45. The van der Waals surface area contributed by atoms with Gasteiger partial charge in [-0.1, -0.05) is 19.3 Å².